The standard InChI is InChI=1S/C18H14BrFO3/c19-8-1-9-22-14-6-7-15-16(21)11-17(23-18(15)10-14)12-2-4-13(20)5-3-12/h2-7,10-11H,1,8-9H2. The molecule has 0 radical (unpaired) electrons. The van der Waals surface area contributed by atoms with Crippen LogP contribution in [0.4, 0.5) is 4.39 Å². The Balaban J connectivity index is 2.01. The molecule has 3 rings (SSSR count). The highest BCUT2D eigenvalue weighted by molar-refractivity contribution is 9.09. The van der Waals surface area contributed by atoms with Crippen molar-refractivity contribution in [3.8, 4) is 17.1 Å². The third kappa shape index (κ3) is 3.62. The molecule has 0 N–H and O–H groups in total. The first kappa shape index (κ1) is 15.7. The molecule has 0 unspecified atom stereocenters. The molecule has 0 atom stereocenters. The van der Waals surface area contributed by atoms with Crippen molar-refractivity contribution in [2.45, 2.75) is 6.42 Å². The number of ether oxygens (including phenoxy) is 1. The topological polar surface area (TPSA) is 39.4 Å². The maximum absolute atomic E-state index is 13.0. The van der Waals surface area contributed by atoms with Crippen LogP contribution >= 0.6 is 15.9 Å². The summed E-state index contributed by atoms with van der Waals surface area (Å²) in [6.45, 7) is 0.582. The Kier molecular flexibility index (Phi) is 4.76. The molecule has 1 aromatic heterocycles. The third-order valence-electron chi connectivity index (χ3n) is 3.38. The number of benzene rings is 2. The van der Waals surface area contributed by atoms with Gasteiger partial charge in [-0.15, -0.1) is 0 Å². The number of halogens is 2. The van der Waals surface area contributed by atoms with Crippen LogP contribution in [0.1, 0.15) is 6.42 Å². The normalized spacial score (nSPS) is 10.9. The zero-order valence-electron chi connectivity index (χ0n) is 12.2. The third-order valence-corrected chi connectivity index (χ3v) is 3.94. The Morgan fingerprint density at radius 1 is 1.09 bits per heavy atom. The predicted octanol–water partition coefficient (Wildman–Crippen LogP) is 4.76. The van der Waals surface area contributed by atoms with Gasteiger partial charge in [-0.2, -0.15) is 0 Å². The van der Waals surface area contributed by atoms with Gasteiger partial charge in [0.2, 0.25) is 0 Å². The number of rotatable bonds is 5. The van der Waals surface area contributed by atoms with E-state index in [1.807, 2.05) is 0 Å². The summed E-state index contributed by atoms with van der Waals surface area (Å²) < 4.78 is 24.4. The van der Waals surface area contributed by atoms with Crippen molar-refractivity contribution in [3.63, 3.8) is 0 Å². The van der Waals surface area contributed by atoms with E-state index in [-0.39, 0.29) is 11.2 Å². The van der Waals surface area contributed by atoms with Gasteiger partial charge in [-0.05, 0) is 42.8 Å². The molecule has 0 spiro atoms. The molecular weight excluding hydrogens is 363 g/mol. The van der Waals surface area contributed by atoms with Gasteiger partial charge in [0.25, 0.3) is 0 Å². The van der Waals surface area contributed by atoms with Gasteiger partial charge in [0.1, 0.15) is 22.9 Å². The second-order valence-corrected chi connectivity index (χ2v) is 5.82. The van der Waals surface area contributed by atoms with Crippen LogP contribution in [0.25, 0.3) is 22.3 Å². The first-order chi connectivity index (χ1) is 11.2. The van der Waals surface area contributed by atoms with E-state index in [1.54, 1.807) is 30.3 Å². The zero-order valence-corrected chi connectivity index (χ0v) is 13.8. The molecule has 0 aliphatic rings. The van der Waals surface area contributed by atoms with Crippen molar-refractivity contribution in [2.75, 3.05) is 11.9 Å². The Labute approximate surface area is 140 Å². The van der Waals surface area contributed by atoms with Crippen LogP contribution in [0.15, 0.2) is 57.7 Å². The van der Waals surface area contributed by atoms with Crippen LogP contribution in [0.2, 0.25) is 0 Å². The highest BCUT2D eigenvalue weighted by Gasteiger charge is 2.08. The van der Waals surface area contributed by atoms with Crippen molar-refractivity contribution in [3.05, 3.63) is 64.6 Å². The lowest BCUT2D eigenvalue weighted by molar-refractivity contribution is 0.319. The van der Waals surface area contributed by atoms with Gasteiger partial charge in [-0.3, -0.25) is 4.79 Å². The van der Waals surface area contributed by atoms with E-state index in [0.29, 0.717) is 34.6 Å². The molecule has 0 saturated carbocycles. The van der Waals surface area contributed by atoms with Crippen molar-refractivity contribution in [1.82, 2.24) is 0 Å². The molecule has 3 aromatic rings. The lowest BCUT2D eigenvalue weighted by atomic mass is 10.1. The molecule has 0 aliphatic heterocycles. The molecular formula is C18H14BrFO3. The van der Waals surface area contributed by atoms with Crippen LogP contribution in [-0.4, -0.2) is 11.9 Å². The molecule has 0 bridgehead atoms. The Morgan fingerprint density at radius 2 is 1.87 bits per heavy atom. The van der Waals surface area contributed by atoms with Crippen LogP contribution in [0.3, 0.4) is 0 Å². The maximum Gasteiger partial charge on any atom is 0.193 e. The summed E-state index contributed by atoms with van der Waals surface area (Å²) in [4.78, 5) is 12.2. The smallest absolute Gasteiger partial charge is 0.193 e. The summed E-state index contributed by atoms with van der Waals surface area (Å²) >= 11 is 3.35. The molecule has 2 aromatic carbocycles. The van der Waals surface area contributed by atoms with E-state index in [0.717, 1.165) is 11.8 Å². The van der Waals surface area contributed by atoms with Crippen LogP contribution in [0.5, 0.6) is 5.75 Å². The molecule has 3 nitrogen and oxygen atoms in total. The molecule has 0 fully saturated rings. The van der Waals surface area contributed by atoms with Crippen LogP contribution in [0, 0.1) is 5.82 Å². The number of fused-ring (bicyclic) bond motifs is 1. The summed E-state index contributed by atoms with van der Waals surface area (Å²) in [5.41, 5.74) is 0.960. The van der Waals surface area contributed by atoms with Gasteiger partial charge < -0.3 is 9.15 Å². The SMILES string of the molecule is O=c1cc(-c2ccc(F)cc2)oc2cc(OCCCBr)ccc12. The summed E-state index contributed by atoms with van der Waals surface area (Å²) in [7, 11) is 0. The summed E-state index contributed by atoms with van der Waals surface area (Å²) in [5.74, 6) is 0.720. The predicted molar refractivity (Wildman–Crippen MR) is 91.8 cm³/mol. The van der Waals surface area contributed by atoms with E-state index in [4.69, 9.17) is 9.15 Å². The van der Waals surface area contributed by atoms with E-state index >= 15 is 0 Å². The summed E-state index contributed by atoms with van der Waals surface area (Å²) in [5, 5.41) is 1.35. The summed E-state index contributed by atoms with van der Waals surface area (Å²) in [6.07, 6.45) is 0.887. The minimum atomic E-state index is -0.334. The van der Waals surface area contributed by atoms with Crippen molar-refractivity contribution < 1.29 is 13.5 Å². The average Bonchev–Trinajstić information content (AvgIpc) is 2.55. The lowest BCUT2D eigenvalue weighted by Crippen LogP contribution is -2.02. The second kappa shape index (κ2) is 6.96. The van der Waals surface area contributed by atoms with E-state index in [9.17, 15) is 9.18 Å². The van der Waals surface area contributed by atoms with Gasteiger partial charge in [-0.1, -0.05) is 15.9 Å². The molecule has 0 aliphatic carbocycles. The quantitative estimate of drug-likeness (QED) is 0.475. The van der Waals surface area contributed by atoms with Gasteiger partial charge in [0.15, 0.2) is 5.43 Å². The molecule has 23 heavy (non-hydrogen) atoms. The zero-order chi connectivity index (χ0) is 16.2. The van der Waals surface area contributed by atoms with Gasteiger partial charge >= 0.3 is 0 Å². The Morgan fingerprint density at radius 3 is 2.61 bits per heavy atom. The fourth-order valence-electron chi connectivity index (χ4n) is 2.23. The maximum atomic E-state index is 13.0. The largest absolute Gasteiger partial charge is 0.493 e. The Hall–Kier alpha value is -2.14. The fourth-order valence-corrected chi connectivity index (χ4v) is 2.46. The number of hydrogen-bond acceptors (Lipinski definition) is 3. The van der Waals surface area contributed by atoms with Crippen LogP contribution < -0.4 is 10.2 Å². The van der Waals surface area contributed by atoms with Crippen LogP contribution in [-0.2, 0) is 0 Å². The highest BCUT2D eigenvalue weighted by atomic mass is 79.9. The monoisotopic (exact) mass is 376 g/mol. The molecule has 1 heterocycles. The number of alkyl halides is 1. The fraction of sp³-hybridized carbons (Fsp3) is 0.167. The van der Waals surface area contributed by atoms with Crippen molar-refractivity contribution >= 4 is 26.9 Å². The Bertz CT molecular complexity index is 872. The number of hydrogen-bond donors (Lipinski definition) is 0. The molecule has 5 heteroatoms. The van der Waals surface area contributed by atoms with Gasteiger partial charge in [0.05, 0.1) is 12.0 Å². The first-order valence-electron chi connectivity index (χ1n) is 7.20. The average molecular weight is 377 g/mol. The lowest BCUT2D eigenvalue weighted by Gasteiger charge is -2.07. The molecule has 0 saturated heterocycles. The van der Waals surface area contributed by atoms with Crippen molar-refractivity contribution in [1.29, 1.82) is 0 Å². The molecule has 118 valence electrons. The molecule has 0 amide bonds. The van der Waals surface area contributed by atoms with E-state index < -0.39 is 0 Å². The van der Waals surface area contributed by atoms with E-state index in [2.05, 4.69) is 15.9 Å². The van der Waals surface area contributed by atoms with E-state index in [1.165, 1.54) is 18.2 Å². The summed E-state index contributed by atoms with van der Waals surface area (Å²) in [6, 6.07) is 12.4. The van der Waals surface area contributed by atoms with Crippen molar-refractivity contribution in [2.24, 2.45) is 0 Å². The minimum absolute atomic E-state index is 0.141. The highest BCUT2D eigenvalue weighted by Crippen LogP contribution is 2.25. The minimum Gasteiger partial charge on any atom is -0.493 e. The van der Waals surface area contributed by atoms with Gasteiger partial charge in [0, 0.05) is 23.0 Å². The van der Waals surface area contributed by atoms with Gasteiger partial charge in [-0.25, -0.2) is 4.39 Å². The first-order valence-corrected chi connectivity index (χ1v) is 8.32. The second-order valence-electron chi connectivity index (χ2n) is 5.03.